The number of hydrogen-bond donors (Lipinski definition) is 1. The summed E-state index contributed by atoms with van der Waals surface area (Å²) in [5, 5.41) is 14.0. The summed E-state index contributed by atoms with van der Waals surface area (Å²) in [6.07, 6.45) is 5.04. The predicted octanol–water partition coefficient (Wildman–Crippen LogP) is 2.86. The van der Waals surface area contributed by atoms with Gasteiger partial charge in [0.1, 0.15) is 5.82 Å². The van der Waals surface area contributed by atoms with Crippen LogP contribution in [0.15, 0.2) is 17.5 Å². The monoisotopic (exact) mass is 477 g/mol. The van der Waals surface area contributed by atoms with E-state index in [0.717, 1.165) is 45.1 Å². The van der Waals surface area contributed by atoms with Crippen LogP contribution >= 0.6 is 11.3 Å². The van der Waals surface area contributed by atoms with Gasteiger partial charge in [-0.05, 0) is 66.7 Å². The van der Waals surface area contributed by atoms with E-state index in [-0.39, 0.29) is 5.75 Å². The Kier molecular flexibility index (Phi) is 6.64. The average Bonchev–Trinajstić information content (AvgIpc) is 3.21. The van der Waals surface area contributed by atoms with Crippen molar-refractivity contribution in [2.24, 2.45) is 5.92 Å². The van der Waals surface area contributed by atoms with Gasteiger partial charge in [-0.3, -0.25) is 9.21 Å². The molecule has 32 heavy (non-hydrogen) atoms. The second-order valence-electron chi connectivity index (χ2n) is 8.93. The zero-order valence-corrected chi connectivity index (χ0v) is 20.0. The van der Waals surface area contributed by atoms with Gasteiger partial charge in [-0.1, -0.05) is 0 Å². The van der Waals surface area contributed by atoms with Gasteiger partial charge in [-0.2, -0.15) is 0 Å². The summed E-state index contributed by atoms with van der Waals surface area (Å²) in [4.78, 5) is 4.09. The zero-order valence-electron chi connectivity index (χ0n) is 18.3. The number of sulfonamides is 1. The van der Waals surface area contributed by atoms with Crippen molar-refractivity contribution in [3.63, 3.8) is 0 Å². The molecule has 0 aliphatic carbocycles. The molecule has 174 valence electrons. The summed E-state index contributed by atoms with van der Waals surface area (Å²) < 4.78 is 31.4. The van der Waals surface area contributed by atoms with Crippen LogP contribution in [0.25, 0.3) is 0 Å². The molecule has 0 unspecified atom stereocenters. The smallest absolute Gasteiger partial charge is 0.236 e. The third-order valence-electron chi connectivity index (χ3n) is 6.69. The normalized spacial score (nSPS) is 21.9. The fraction of sp³-hybridized carbons (Fsp3) is 0.636. The van der Waals surface area contributed by atoms with Gasteiger partial charge in [0.2, 0.25) is 10.0 Å². The number of anilines is 2. The van der Waals surface area contributed by atoms with Crippen molar-refractivity contribution in [2.75, 3.05) is 48.2 Å². The Morgan fingerprint density at radius 1 is 1.16 bits per heavy atom. The Morgan fingerprint density at radius 3 is 2.81 bits per heavy atom. The van der Waals surface area contributed by atoms with Gasteiger partial charge in [-0.15, -0.1) is 21.5 Å². The van der Waals surface area contributed by atoms with Crippen molar-refractivity contribution in [1.29, 1.82) is 0 Å². The van der Waals surface area contributed by atoms with Gasteiger partial charge in [-0.25, -0.2) is 8.42 Å². The fourth-order valence-electron chi connectivity index (χ4n) is 4.83. The maximum atomic E-state index is 12.3. The van der Waals surface area contributed by atoms with Crippen LogP contribution in [-0.4, -0.2) is 62.1 Å². The topological polar surface area (TPSA) is 87.7 Å². The first-order chi connectivity index (χ1) is 15.6. The molecule has 0 amide bonds. The molecule has 3 aliphatic rings. The fourth-order valence-corrected chi connectivity index (χ4v) is 7.55. The number of nitrogens with zero attached hydrogens (tertiary/aromatic N) is 4. The molecule has 5 heterocycles. The molecule has 2 aromatic heterocycles. The van der Waals surface area contributed by atoms with E-state index in [4.69, 9.17) is 4.74 Å². The largest absolute Gasteiger partial charge is 0.381 e. The first-order valence-electron chi connectivity index (χ1n) is 11.5. The van der Waals surface area contributed by atoms with Crippen LogP contribution < -0.4 is 9.62 Å². The predicted molar refractivity (Wildman–Crippen MR) is 127 cm³/mol. The second kappa shape index (κ2) is 9.62. The number of nitrogens with one attached hydrogen (secondary N) is 1. The van der Waals surface area contributed by atoms with Crippen molar-refractivity contribution < 1.29 is 13.2 Å². The highest BCUT2D eigenvalue weighted by atomic mass is 32.2. The quantitative estimate of drug-likeness (QED) is 0.684. The summed E-state index contributed by atoms with van der Waals surface area (Å²) in [7, 11) is -3.26. The summed E-state index contributed by atoms with van der Waals surface area (Å²) in [6.45, 7) is 6.37. The lowest BCUT2D eigenvalue weighted by Gasteiger charge is -2.32. The molecule has 3 aliphatic heterocycles. The minimum atomic E-state index is -3.26. The van der Waals surface area contributed by atoms with Crippen LogP contribution in [0.2, 0.25) is 0 Å². The molecular formula is C22H31N5O3S2. The number of thiophene rings is 1. The molecule has 0 bridgehead atoms. The molecule has 0 radical (unpaired) electrons. The Balaban J connectivity index is 1.17. The van der Waals surface area contributed by atoms with Gasteiger partial charge in [0, 0.05) is 50.8 Å². The lowest BCUT2D eigenvalue weighted by Crippen LogP contribution is -2.38. The molecule has 0 spiro atoms. The van der Waals surface area contributed by atoms with Crippen LogP contribution in [0, 0.1) is 5.92 Å². The Bertz CT molecular complexity index is 1020. The number of hydrogen-bond acceptors (Lipinski definition) is 8. The van der Waals surface area contributed by atoms with Gasteiger partial charge >= 0.3 is 0 Å². The van der Waals surface area contributed by atoms with Crippen molar-refractivity contribution in [3.8, 4) is 0 Å². The summed E-state index contributed by atoms with van der Waals surface area (Å²) in [6, 6.07) is 3.57. The van der Waals surface area contributed by atoms with Crippen LogP contribution in [-0.2, 0) is 34.3 Å². The van der Waals surface area contributed by atoms with E-state index in [1.165, 1.54) is 39.7 Å². The third kappa shape index (κ3) is 4.93. The third-order valence-corrected chi connectivity index (χ3v) is 9.59. The molecule has 1 N–H and O–H groups in total. The van der Waals surface area contributed by atoms with Crippen LogP contribution in [0.3, 0.4) is 0 Å². The lowest BCUT2D eigenvalue weighted by atomic mass is 9.97. The Hall–Kier alpha value is -1.75. The minimum Gasteiger partial charge on any atom is -0.381 e. The van der Waals surface area contributed by atoms with E-state index in [1.54, 1.807) is 6.07 Å². The zero-order chi connectivity index (χ0) is 22.0. The van der Waals surface area contributed by atoms with Crippen molar-refractivity contribution in [3.05, 3.63) is 33.5 Å². The van der Waals surface area contributed by atoms with Gasteiger partial charge < -0.3 is 10.1 Å². The molecule has 2 fully saturated rings. The molecule has 2 saturated heterocycles. The minimum absolute atomic E-state index is 0.185. The average molecular weight is 478 g/mol. The second-order valence-corrected chi connectivity index (χ2v) is 11.9. The first-order valence-corrected chi connectivity index (χ1v) is 14.0. The standard InChI is InChI=1S/C22H31N5O3S2/c28-32(29)12-2-1-8-27(32)22-4-3-21(24-25-22)23-13-18-16-31-20-15-26(9-5-19(18)20)14-17-6-10-30-11-7-17/h3-4,16-17H,1-2,5-15H2,(H,23,24). The number of aromatic nitrogens is 2. The Morgan fingerprint density at radius 2 is 2.03 bits per heavy atom. The van der Waals surface area contributed by atoms with Crippen molar-refractivity contribution in [2.45, 2.75) is 45.2 Å². The molecule has 0 atom stereocenters. The van der Waals surface area contributed by atoms with Crippen LogP contribution in [0.5, 0.6) is 0 Å². The summed E-state index contributed by atoms with van der Waals surface area (Å²) in [5.74, 6) is 2.03. The van der Waals surface area contributed by atoms with Crippen molar-refractivity contribution in [1.82, 2.24) is 15.1 Å². The molecule has 5 rings (SSSR count). The first kappa shape index (κ1) is 22.1. The number of fused-ring (bicyclic) bond motifs is 1. The molecule has 0 aromatic carbocycles. The van der Waals surface area contributed by atoms with E-state index >= 15 is 0 Å². The maximum absolute atomic E-state index is 12.3. The van der Waals surface area contributed by atoms with E-state index in [0.29, 0.717) is 31.1 Å². The molecule has 10 heteroatoms. The lowest BCUT2D eigenvalue weighted by molar-refractivity contribution is 0.0508. The molecule has 2 aromatic rings. The van der Waals surface area contributed by atoms with Gasteiger partial charge in [0.05, 0.1) is 5.75 Å². The van der Waals surface area contributed by atoms with Gasteiger partial charge in [0.15, 0.2) is 5.82 Å². The molecule has 0 saturated carbocycles. The van der Waals surface area contributed by atoms with Crippen LogP contribution in [0.4, 0.5) is 11.6 Å². The number of ether oxygens (including phenoxy) is 1. The SMILES string of the molecule is O=S1(=O)CCCCN1c1ccc(NCc2csc3c2CCN(CC2CCOCC2)C3)nn1. The van der Waals surface area contributed by atoms with Crippen LogP contribution in [0.1, 0.15) is 41.7 Å². The summed E-state index contributed by atoms with van der Waals surface area (Å²) in [5.41, 5.74) is 2.81. The highest BCUT2D eigenvalue weighted by molar-refractivity contribution is 7.92. The highest BCUT2D eigenvalue weighted by Crippen LogP contribution is 2.30. The maximum Gasteiger partial charge on any atom is 0.236 e. The molecule has 8 nitrogen and oxygen atoms in total. The highest BCUT2D eigenvalue weighted by Gasteiger charge is 2.27. The van der Waals surface area contributed by atoms with Crippen molar-refractivity contribution >= 4 is 33.0 Å². The number of rotatable bonds is 6. The van der Waals surface area contributed by atoms with E-state index in [2.05, 4.69) is 25.8 Å². The summed E-state index contributed by atoms with van der Waals surface area (Å²) >= 11 is 1.86. The van der Waals surface area contributed by atoms with E-state index in [9.17, 15) is 8.42 Å². The molecular weight excluding hydrogens is 446 g/mol. The Labute approximate surface area is 194 Å². The van der Waals surface area contributed by atoms with E-state index < -0.39 is 10.0 Å². The van der Waals surface area contributed by atoms with E-state index in [1.807, 2.05) is 17.4 Å². The van der Waals surface area contributed by atoms with Gasteiger partial charge in [0.25, 0.3) is 0 Å².